The molecule has 0 aliphatic carbocycles. The summed E-state index contributed by atoms with van der Waals surface area (Å²) in [5.41, 5.74) is 0.912. The fourth-order valence-corrected chi connectivity index (χ4v) is 2.52. The standard InChI is InChI=1S/C12H7BrN2OS/c13-9-4-1-3-8(7-9)12-14-11(15-16-12)10-5-2-6-17-10/h1-7H. The van der Waals surface area contributed by atoms with Crippen LogP contribution in [0.4, 0.5) is 0 Å². The van der Waals surface area contributed by atoms with Gasteiger partial charge in [-0.2, -0.15) is 4.98 Å². The highest BCUT2D eigenvalue weighted by Crippen LogP contribution is 2.26. The van der Waals surface area contributed by atoms with Gasteiger partial charge in [0, 0.05) is 10.0 Å². The molecule has 0 spiro atoms. The van der Waals surface area contributed by atoms with Gasteiger partial charge in [0.25, 0.3) is 5.89 Å². The normalized spacial score (nSPS) is 10.6. The van der Waals surface area contributed by atoms with E-state index in [9.17, 15) is 0 Å². The average Bonchev–Trinajstić information content (AvgIpc) is 3.00. The molecule has 3 aromatic rings. The van der Waals surface area contributed by atoms with Gasteiger partial charge in [0.05, 0.1) is 4.88 Å². The van der Waals surface area contributed by atoms with Crippen LogP contribution in [-0.2, 0) is 0 Å². The number of benzene rings is 1. The third-order valence-corrected chi connectivity index (χ3v) is 3.60. The van der Waals surface area contributed by atoms with Crippen LogP contribution < -0.4 is 0 Å². The van der Waals surface area contributed by atoms with Gasteiger partial charge in [-0.05, 0) is 29.6 Å². The number of rotatable bonds is 2. The van der Waals surface area contributed by atoms with Gasteiger partial charge in [-0.3, -0.25) is 0 Å². The summed E-state index contributed by atoms with van der Waals surface area (Å²) in [5.74, 6) is 1.17. The third-order valence-electron chi connectivity index (χ3n) is 2.24. The van der Waals surface area contributed by atoms with Gasteiger partial charge in [-0.15, -0.1) is 11.3 Å². The van der Waals surface area contributed by atoms with E-state index in [0.717, 1.165) is 14.9 Å². The molecule has 1 aromatic carbocycles. The molecule has 0 saturated carbocycles. The maximum absolute atomic E-state index is 5.25. The van der Waals surface area contributed by atoms with Crippen molar-refractivity contribution in [3.05, 3.63) is 46.3 Å². The van der Waals surface area contributed by atoms with Crippen LogP contribution in [0.3, 0.4) is 0 Å². The second-order valence-corrected chi connectivity index (χ2v) is 5.27. The average molecular weight is 307 g/mol. The monoisotopic (exact) mass is 306 g/mol. The van der Waals surface area contributed by atoms with E-state index in [-0.39, 0.29) is 0 Å². The van der Waals surface area contributed by atoms with Gasteiger partial charge in [0.1, 0.15) is 0 Å². The Kier molecular flexibility index (Phi) is 2.78. The van der Waals surface area contributed by atoms with Gasteiger partial charge < -0.3 is 4.52 Å². The molecular formula is C12H7BrN2OS. The van der Waals surface area contributed by atoms with E-state index in [2.05, 4.69) is 26.1 Å². The molecule has 0 aliphatic rings. The number of nitrogens with zero attached hydrogens (tertiary/aromatic N) is 2. The predicted octanol–water partition coefficient (Wildman–Crippen LogP) is 4.23. The second-order valence-electron chi connectivity index (χ2n) is 3.41. The van der Waals surface area contributed by atoms with Crippen molar-refractivity contribution in [2.45, 2.75) is 0 Å². The molecule has 2 aromatic heterocycles. The number of halogens is 1. The first-order chi connectivity index (χ1) is 8.33. The Morgan fingerprint density at radius 1 is 1.18 bits per heavy atom. The first-order valence-electron chi connectivity index (χ1n) is 4.96. The highest BCUT2D eigenvalue weighted by atomic mass is 79.9. The smallest absolute Gasteiger partial charge is 0.258 e. The molecule has 0 radical (unpaired) electrons. The van der Waals surface area contributed by atoms with Crippen LogP contribution in [0.2, 0.25) is 0 Å². The van der Waals surface area contributed by atoms with Crippen molar-refractivity contribution in [1.29, 1.82) is 0 Å². The SMILES string of the molecule is Brc1cccc(-c2nc(-c3cccs3)no2)c1. The van der Waals surface area contributed by atoms with Crippen LogP contribution in [0.5, 0.6) is 0 Å². The van der Waals surface area contributed by atoms with E-state index in [1.54, 1.807) is 11.3 Å². The molecule has 0 fully saturated rings. The van der Waals surface area contributed by atoms with Crippen LogP contribution in [0.1, 0.15) is 0 Å². The molecule has 0 aliphatic heterocycles. The maximum Gasteiger partial charge on any atom is 0.258 e. The highest BCUT2D eigenvalue weighted by molar-refractivity contribution is 9.10. The third kappa shape index (κ3) is 2.16. The number of hydrogen-bond acceptors (Lipinski definition) is 4. The number of hydrogen-bond donors (Lipinski definition) is 0. The minimum absolute atomic E-state index is 0.537. The minimum atomic E-state index is 0.537. The Morgan fingerprint density at radius 3 is 2.88 bits per heavy atom. The molecule has 0 bridgehead atoms. The Hall–Kier alpha value is -1.46. The van der Waals surface area contributed by atoms with Gasteiger partial charge in [-0.25, -0.2) is 0 Å². The van der Waals surface area contributed by atoms with Gasteiger partial charge in [0.15, 0.2) is 0 Å². The Balaban J connectivity index is 2.01. The molecule has 17 heavy (non-hydrogen) atoms. The van der Waals surface area contributed by atoms with E-state index in [1.807, 2.05) is 41.8 Å². The quantitative estimate of drug-likeness (QED) is 0.711. The topological polar surface area (TPSA) is 38.9 Å². The lowest BCUT2D eigenvalue weighted by Gasteiger charge is -1.93. The molecule has 0 unspecified atom stereocenters. The summed E-state index contributed by atoms with van der Waals surface area (Å²) in [6.45, 7) is 0. The molecule has 3 rings (SSSR count). The largest absolute Gasteiger partial charge is 0.334 e. The first-order valence-corrected chi connectivity index (χ1v) is 6.64. The van der Waals surface area contributed by atoms with E-state index < -0.39 is 0 Å². The van der Waals surface area contributed by atoms with E-state index in [0.29, 0.717) is 11.7 Å². The Bertz CT molecular complexity index is 634. The fourth-order valence-electron chi connectivity index (χ4n) is 1.47. The molecule has 2 heterocycles. The lowest BCUT2D eigenvalue weighted by molar-refractivity contribution is 0.432. The maximum atomic E-state index is 5.25. The second kappa shape index (κ2) is 4.43. The molecule has 0 saturated heterocycles. The van der Waals surface area contributed by atoms with Gasteiger partial charge in [-0.1, -0.05) is 33.2 Å². The van der Waals surface area contributed by atoms with E-state index in [4.69, 9.17) is 4.52 Å². The predicted molar refractivity (Wildman–Crippen MR) is 70.7 cm³/mol. The van der Waals surface area contributed by atoms with Crippen LogP contribution in [0, 0.1) is 0 Å². The summed E-state index contributed by atoms with van der Waals surface area (Å²) in [5, 5.41) is 5.96. The van der Waals surface area contributed by atoms with Gasteiger partial charge in [0.2, 0.25) is 5.82 Å². The Labute approximate surface area is 110 Å². The van der Waals surface area contributed by atoms with Crippen molar-refractivity contribution in [3.63, 3.8) is 0 Å². The van der Waals surface area contributed by atoms with Crippen LogP contribution >= 0.6 is 27.3 Å². The van der Waals surface area contributed by atoms with E-state index in [1.165, 1.54) is 0 Å². The molecule has 3 nitrogen and oxygen atoms in total. The Morgan fingerprint density at radius 2 is 2.12 bits per heavy atom. The molecule has 0 N–H and O–H groups in total. The fraction of sp³-hybridized carbons (Fsp3) is 0. The lowest BCUT2D eigenvalue weighted by Crippen LogP contribution is -1.78. The molecule has 0 amide bonds. The van der Waals surface area contributed by atoms with Crippen molar-refractivity contribution in [2.75, 3.05) is 0 Å². The van der Waals surface area contributed by atoms with Crippen LogP contribution in [0.25, 0.3) is 22.2 Å². The van der Waals surface area contributed by atoms with E-state index >= 15 is 0 Å². The zero-order chi connectivity index (χ0) is 11.7. The van der Waals surface area contributed by atoms with Crippen molar-refractivity contribution in [1.82, 2.24) is 10.1 Å². The molecule has 84 valence electrons. The minimum Gasteiger partial charge on any atom is -0.334 e. The zero-order valence-corrected chi connectivity index (χ0v) is 11.0. The van der Waals surface area contributed by atoms with Crippen molar-refractivity contribution < 1.29 is 4.52 Å². The molecular weight excluding hydrogens is 300 g/mol. The summed E-state index contributed by atoms with van der Waals surface area (Å²) in [4.78, 5) is 5.39. The van der Waals surface area contributed by atoms with Crippen molar-refractivity contribution in [3.8, 4) is 22.2 Å². The molecule has 0 atom stereocenters. The zero-order valence-electron chi connectivity index (χ0n) is 8.63. The summed E-state index contributed by atoms with van der Waals surface area (Å²) in [7, 11) is 0. The summed E-state index contributed by atoms with van der Waals surface area (Å²) < 4.78 is 6.25. The first kappa shape index (κ1) is 10.7. The van der Waals surface area contributed by atoms with Crippen molar-refractivity contribution >= 4 is 27.3 Å². The molecule has 5 heteroatoms. The van der Waals surface area contributed by atoms with Crippen LogP contribution in [0.15, 0.2) is 50.8 Å². The number of aromatic nitrogens is 2. The van der Waals surface area contributed by atoms with Crippen LogP contribution in [-0.4, -0.2) is 10.1 Å². The summed E-state index contributed by atoms with van der Waals surface area (Å²) in [6, 6.07) is 11.7. The summed E-state index contributed by atoms with van der Waals surface area (Å²) in [6.07, 6.45) is 0. The lowest BCUT2D eigenvalue weighted by atomic mass is 10.2. The highest BCUT2D eigenvalue weighted by Gasteiger charge is 2.10. The van der Waals surface area contributed by atoms with Crippen molar-refractivity contribution in [2.24, 2.45) is 0 Å². The number of thiophene rings is 1. The van der Waals surface area contributed by atoms with Gasteiger partial charge >= 0.3 is 0 Å². The summed E-state index contributed by atoms with van der Waals surface area (Å²) >= 11 is 5.01.